The van der Waals surface area contributed by atoms with Gasteiger partial charge in [-0.25, -0.2) is 0 Å². The zero-order chi connectivity index (χ0) is 15.6. The molecule has 0 aromatic heterocycles. The lowest BCUT2D eigenvalue weighted by Crippen LogP contribution is -2.37. The lowest BCUT2D eigenvalue weighted by Gasteiger charge is -2.14. The molecule has 1 aromatic rings. The molecule has 1 fully saturated rings. The van der Waals surface area contributed by atoms with E-state index in [0.717, 1.165) is 29.7 Å². The number of nitrogens with one attached hydrogen (secondary N) is 2. The van der Waals surface area contributed by atoms with Crippen molar-refractivity contribution in [2.24, 2.45) is 10.9 Å². The van der Waals surface area contributed by atoms with Crippen LogP contribution in [0.5, 0.6) is 5.75 Å². The highest BCUT2D eigenvalue weighted by molar-refractivity contribution is 5.79. The Morgan fingerprint density at radius 2 is 2.18 bits per heavy atom. The van der Waals surface area contributed by atoms with E-state index in [1.165, 1.54) is 25.7 Å². The maximum atomic E-state index is 5.67. The molecule has 4 nitrogen and oxygen atoms in total. The molecule has 4 heteroatoms. The van der Waals surface area contributed by atoms with Crippen LogP contribution in [0.1, 0.15) is 31.2 Å². The van der Waals surface area contributed by atoms with Crippen molar-refractivity contribution < 1.29 is 4.74 Å². The minimum absolute atomic E-state index is 0.519. The first-order valence-corrected chi connectivity index (χ1v) is 8.09. The van der Waals surface area contributed by atoms with E-state index in [0.29, 0.717) is 13.2 Å². The molecule has 2 N–H and O–H groups in total. The van der Waals surface area contributed by atoms with Crippen LogP contribution in [-0.4, -0.2) is 26.2 Å². The molecule has 0 radical (unpaired) electrons. The van der Waals surface area contributed by atoms with Crippen LogP contribution in [0.25, 0.3) is 0 Å². The minimum atomic E-state index is 0.519. The van der Waals surface area contributed by atoms with Gasteiger partial charge in [-0.2, -0.15) is 0 Å². The van der Waals surface area contributed by atoms with Crippen molar-refractivity contribution in [1.29, 1.82) is 0 Å². The summed E-state index contributed by atoms with van der Waals surface area (Å²) in [6.07, 6.45) is 7.15. The van der Waals surface area contributed by atoms with Crippen molar-refractivity contribution in [2.75, 3.05) is 20.2 Å². The molecule has 0 aliphatic heterocycles. The predicted molar refractivity (Wildman–Crippen MR) is 92.3 cm³/mol. The van der Waals surface area contributed by atoms with Crippen molar-refractivity contribution in [2.45, 2.75) is 32.2 Å². The molecule has 1 aromatic carbocycles. The predicted octanol–water partition coefficient (Wildman–Crippen LogP) is 3.11. The Morgan fingerprint density at radius 3 is 2.91 bits per heavy atom. The summed E-state index contributed by atoms with van der Waals surface area (Å²) in [6, 6.07) is 8.04. The third kappa shape index (κ3) is 5.80. The molecule has 0 atom stereocenters. The van der Waals surface area contributed by atoms with Gasteiger partial charge in [0.1, 0.15) is 12.4 Å². The highest BCUT2D eigenvalue weighted by atomic mass is 16.5. The molecule has 0 spiro atoms. The van der Waals surface area contributed by atoms with E-state index in [9.17, 15) is 0 Å². The molecule has 1 saturated carbocycles. The van der Waals surface area contributed by atoms with Gasteiger partial charge in [-0.3, -0.25) is 4.99 Å². The molecule has 0 bridgehead atoms. The maximum Gasteiger partial charge on any atom is 0.191 e. The van der Waals surface area contributed by atoms with Crippen LogP contribution < -0.4 is 15.4 Å². The van der Waals surface area contributed by atoms with E-state index in [1.807, 2.05) is 18.2 Å². The fourth-order valence-electron chi connectivity index (χ4n) is 2.34. The third-order valence-corrected chi connectivity index (χ3v) is 3.78. The second-order valence-corrected chi connectivity index (χ2v) is 5.65. The third-order valence-electron chi connectivity index (χ3n) is 3.78. The van der Waals surface area contributed by atoms with Crippen LogP contribution in [0.4, 0.5) is 0 Å². The van der Waals surface area contributed by atoms with Crippen molar-refractivity contribution in [3.8, 4) is 5.75 Å². The lowest BCUT2D eigenvalue weighted by molar-refractivity contribution is 0.358. The number of hydrogen-bond acceptors (Lipinski definition) is 2. The van der Waals surface area contributed by atoms with Crippen LogP contribution in [-0.2, 0) is 6.54 Å². The number of benzene rings is 1. The summed E-state index contributed by atoms with van der Waals surface area (Å²) in [6.45, 7) is 5.87. The molecule has 0 amide bonds. The van der Waals surface area contributed by atoms with E-state index in [1.54, 1.807) is 13.1 Å². The SMILES string of the molecule is C=CCOc1ccccc1CNC(=NC)NCCCC1CC1. The van der Waals surface area contributed by atoms with E-state index in [4.69, 9.17) is 4.74 Å². The highest BCUT2D eigenvalue weighted by Crippen LogP contribution is 2.33. The van der Waals surface area contributed by atoms with E-state index in [-0.39, 0.29) is 0 Å². The van der Waals surface area contributed by atoms with Gasteiger partial charge in [0.05, 0.1) is 0 Å². The second-order valence-electron chi connectivity index (χ2n) is 5.65. The van der Waals surface area contributed by atoms with E-state index < -0.39 is 0 Å². The van der Waals surface area contributed by atoms with Gasteiger partial charge in [0.25, 0.3) is 0 Å². The molecular weight excluding hydrogens is 274 g/mol. The van der Waals surface area contributed by atoms with Crippen LogP contribution in [0, 0.1) is 5.92 Å². The number of ether oxygens (including phenoxy) is 1. The number of aliphatic imine (C=N–C) groups is 1. The highest BCUT2D eigenvalue weighted by Gasteiger charge is 2.19. The lowest BCUT2D eigenvalue weighted by atomic mass is 10.2. The summed E-state index contributed by atoms with van der Waals surface area (Å²) in [7, 11) is 1.80. The topological polar surface area (TPSA) is 45.6 Å². The summed E-state index contributed by atoms with van der Waals surface area (Å²) < 4.78 is 5.67. The number of para-hydroxylation sites is 1. The van der Waals surface area contributed by atoms with Gasteiger partial charge in [0.2, 0.25) is 0 Å². The average Bonchev–Trinajstić information content (AvgIpc) is 3.37. The molecule has 1 aliphatic rings. The molecule has 2 rings (SSSR count). The smallest absolute Gasteiger partial charge is 0.191 e. The number of guanidine groups is 1. The Hall–Kier alpha value is -1.97. The van der Waals surface area contributed by atoms with Crippen LogP contribution in [0.3, 0.4) is 0 Å². The molecule has 0 saturated heterocycles. The van der Waals surface area contributed by atoms with E-state index in [2.05, 4.69) is 28.3 Å². The largest absolute Gasteiger partial charge is 0.489 e. The van der Waals surface area contributed by atoms with Gasteiger partial charge < -0.3 is 15.4 Å². The molecule has 0 unspecified atom stereocenters. The molecule has 22 heavy (non-hydrogen) atoms. The summed E-state index contributed by atoms with van der Waals surface area (Å²) in [5.41, 5.74) is 1.12. The normalized spacial score (nSPS) is 14.5. The molecular formula is C18H27N3O. The monoisotopic (exact) mass is 301 g/mol. The Morgan fingerprint density at radius 1 is 1.36 bits per heavy atom. The maximum absolute atomic E-state index is 5.67. The van der Waals surface area contributed by atoms with Gasteiger partial charge in [-0.05, 0) is 24.8 Å². The fraction of sp³-hybridized carbons (Fsp3) is 0.500. The standard InChI is InChI=1S/C18H27N3O/c1-3-13-22-17-9-5-4-8-16(17)14-21-18(19-2)20-12-6-7-15-10-11-15/h3-5,8-9,15H,1,6-7,10-14H2,2H3,(H2,19,20,21). The first-order valence-electron chi connectivity index (χ1n) is 8.09. The van der Waals surface area contributed by atoms with Gasteiger partial charge in [0.15, 0.2) is 5.96 Å². The summed E-state index contributed by atoms with van der Waals surface area (Å²) in [4.78, 5) is 4.26. The van der Waals surface area contributed by atoms with Crippen molar-refractivity contribution in [1.82, 2.24) is 10.6 Å². The van der Waals surface area contributed by atoms with Crippen molar-refractivity contribution in [3.63, 3.8) is 0 Å². The quantitative estimate of drug-likeness (QED) is 0.319. The van der Waals surface area contributed by atoms with Gasteiger partial charge in [0, 0.05) is 25.7 Å². The molecule has 0 heterocycles. The van der Waals surface area contributed by atoms with E-state index >= 15 is 0 Å². The van der Waals surface area contributed by atoms with Gasteiger partial charge in [-0.15, -0.1) is 0 Å². The van der Waals surface area contributed by atoms with Crippen molar-refractivity contribution in [3.05, 3.63) is 42.5 Å². The molecule has 1 aliphatic carbocycles. The van der Waals surface area contributed by atoms with Crippen LogP contribution in [0.2, 0.25) is 0 Å². The first-order chi connectivity index (χ1) is 10.8. The Kier molecular flexibility index (Phi) is 6.81. The molecule has 120 valence electrons. The van der Waals surface area contributed by atoms with Crippen LogP contribution >= 0.6 is 0 Å². The summed E-state index contributed by atoms with van der Waals surface area (Å²) in [5.74, 6) is 2.72. The van der Waals surface area contributed by atoms with Crippen LogP contribution in [0.15, 0.2) is 41.9 Å². The fourth-order valence-corrected chi connectivity index (χ4v) is 2.34. The zero-order valence-electron chi connectivity index (χ0n) is 13.5. The van der Waals surface area contributed by atoms with Gasteiger partial charge >= 0.3 is 0 Å². The Balaban J connectivity index is 1.75. The number of nitrogens with zero attached hydrogens (tertiary/aromatic N) is 1. The van der Waals surface area contributed by atoms with Crippen molar-refractivity contribution >= 4 is 5.96 Å². The summed E-state index contributed by atoms with van der Waals surface area (Å²) in [5, 5.41) is 6.71. The first kappa shape index (κ1) is 16.4. The Labute approximate surface area is 133 Å². The Bertz CT molecular complexity index is 495. The number of rotatable bonds is 9. The minimum Gasteiger partial charge on any atom is -0.489 e. The number of hydrogen-bond donors (Lipinski definition) is 2. The average molecular weight is 301 g/mol. The van der Waals surface area contributed by atoms with Gasteiger partial charge in [-0.1, -0.05) is 43.7 Å². The zero-order valence-corrected chi connectivity index (χ0v) is 13.5. The second kappa shape index (κ2) is 9.13. The summed E-state index contributed by atoms with van der Waals surface area (Å²) >= 11 is 0.